The molecule has 0 saturated heterocycles. The quantitative estimate of drug-likeness (QED) is 0.406. The number of allylic oxidation sites excluding steroid dienone is 2. The Hall–Kier alpha value is -4.02. The third kappa shape index (κ3) is 4.20. The molecule has 4 heterocycles. The summed E-state index contributed by atoms with van der Waals surface area (Å²) in [5.74, 6) is 0.379. The van der Waals surface area contributed by atoms with Crippen molar-refractivity contribution in [2.75, 3.05) is 25.1 Å². The molecule has 0 radical (unpaired) electrons. The summed E-state index contributed by atoms with van der Waals surface area (Å²) in [5, 5.41) is 3.58. The highest BCUT2D eigenvalue weighted by atomic mass is 19.3. The van der Waals surface area contributed by atoms with E-state index in [2.05, 4.69) is 20.3 Å². The van der Waals surface area contributed by atoms with Crippen molar-refractivity contribution in [3.05, 3.63) is 81.4 Å². The fraction of sp³-hybridized carbons (Fsp3) is 0.357. The zero-order valence-electron chi connectivity index (χ0n) is 21.4. The zero-order chi connectivity index (χ0) is 27.5. The number of benzene rings is 1. The van der Waals surface area contributed by atoms with Crippen LogP contribution >= 0.6 is 0 Å². The SMILES string of the molecule is Cc1nc(NC(C)c2cccc(C(F)F)c2F)c2cn(C3(CF)CC3)c(=O)c(C3=CC4=NCCN4C=C3)c2n1. The predicted molar refractivity (Wildman–Crippen MR) is 141 cm³/mol. The summed E-state index contributed by atoms with van der Waals surface area (Å²) in [6.07, 6.45) is 5.13. The highest BCUT2D eigenvalue weighted by Crippen LogP contribution is 2.44. The number of hydrogen-bond donors (Lipinski definition) is 1. The molecule has 2 aromatic heterocycles. The molecule has 39 heavy (non-hydrogen) atoms. The van der Waals surface area contributed by atoms with Crippen molar-refractivity contribution in [2.24, 2.45) is 4.99 Å². The number of aryl methyl sites for hydroxylation is 1. The Labute approximate surface area is 221 Å². The van der Waals surface area contributed by atoms with Crippen LogP contribution in [0.3, 0.4) is 0 Å². The van der Waals surface area contributed by atoms with Gasteiger partial charge < -0.3 is 14.8 Å². The van der Waals surface area contributed by atoms with Crippen molar-refractivity contribution in [3.8, 4) is 0 Å². The number of nitrogens with zero attached hydrogens (tertiary/aromatic N) is 5. The molecule has 3 aliphatic rings. The van der Waals surface area contributed by atoms with E-state index < -0.39 is 36.1 Å². The minimum Gasteiger partial charge on any atom is -0.363 e. The third-order valence-corrected chi connectivity index (χ3v) is 7.60. The summed E-state index contributed by atoms with van der Waals surface area (Å²) in [6.45, 7) is 3.99. The first-order chi connectivity index (χ1) is 18.7. The molecule has 11 heteroatoms. The average molecular weight is 539 g/mol. The Kier molecular flexibility index (Phi) is 6.04. The van der Waals surface area contributed by atoms with Crippen LogP contribution in [0.15, 0.2) is 52.5 Å². The van der Waals surface area contributed by atoms with Crippen LogP contribution in [0.5, 0.6) is 0 Å². The maximum Gasteiger partial charge on any atom is 0.266 e. The molecule has 0 bridgehead atoms. The van der Waals surface area contributed by atoms with Gasteiger partial charge in [-0.3, -0.25) is 9.79 Å². The van der Waals surface area contributed by atoms with Crippen LogP contribution in [0, 0.1) is 12.7 Å². The van der Waals surface area contributed by atoms with Gasteiger partial charge in [-0.05, 0) is 44.4 Å². The van der Waals surface area contributed by atoms with Crippen LogP contribution < -0.4 is 10.9 Å². The van der Waals surface area contributed by atoms with Gasteiger partial charge in [-0.2, -0.15) is 0 Å². The maximum absolute atomic E-state index is 14.9. The molecule has 0 spiro atoms. The molecule has 202 valence electrons. The summed E-state index contributed by atoms with van der Waals surface area (Å²) in [4.78, 5) is 29.5. The molecule has 1 fully saturated rings. The molecule has 1 atom stereocenters. The third-order valence-electron chi connectivity index (χ3n) is 7.60. The van der Waals surface area contributed by atoms with Crippen molar-refractivity contribution in [1.29, 1.82) is 0 Å². The Morgan fingerprint density at radius 2 is 1.95 bits per heavy atom. The van der Waals surface area contributed by atoms with E-state index in [1.165, 1.54) is 16.7 Å². The number of halogens is 4. The van der Waals surface area contributed by atoms with E-state index in [1.807, 2.05) is 23.3 Å². The topological polar surface area (TPSA) is 75.4 Å². The number of aromatic nitrogens is 3. The minimum absolute atomic E-state index is 0.0467. The lowest BCUT2D eigenvalue weighted by atomic mass is 10.0. The highest BCUT2D eigenvalue weighted by Gasteiger charge is 2.46. The van der Waals surface area contributed by atoms with Gasteiger partial charge in [-0.15, -0.1) is 0 Å². The first-order valence-corrected chi connectivity index (χ1v) is 12.8. The summed E-state index contributed by atoms with van der Waals surface area (Å²) < 4.78 is 57.3. The summed E-state index contributed by atoms with van der Waals surface area (Å²) in [7, 11) is 0. The van der Waals surface area contributed by atoms with E-state index in [0.717, 1.165) is 18.4 Å². The Balaban J connectivity index is 1.54. The lowest BCUT2D eigenvalue weighted by molar-refractivity contribution is 0.146. The number of hydrogen-bond acceptors (Lipinski definition) is 6. The van der Waals surface area contributed by atoms with E-state index in [-0.39, 0.29) is 16.9 Å². The van der Waals surface area contributed by atoms with Gasteiger partial charge in [0.2, 0.25) is 0 Å². The van der Waals surface area contributed by atoms with Crippen LogP contribution in [0.2, 0.25) is 0 Å². The summed E-state index contributed by atoms with van der Waals surface area (Å²) in [6, 6.07) is 3.12. The second-order valence-electron chi connectivity index (χ2n) is 10.2. The van der Waals surface area contributed by atoms with Crippen LogP contribution in [0.25, 0.3) is 16.5 Å². The molecule has 6 rings (SSSR count). The van der Waals surface area contributed by atoms with E-state index in [4.69, 9.17) is 0 Å². The Bertz CT molecular complexity index is 1640. The van der Waals surface area contributed by atoms with Gasteiger partial charge in [0.15, 0.2) is 0 Å². The molecule has 2 aliphatic heterocycles. The number of pyridine rings is 1. The zero-order valence-corrected chi connectivity index (χ0v) is 21.4. The van der Waals surface area contributed by atoms with Crippen molar-refractivity contribution in [2.45, 2.75) is 44.7 Å². The van der Waals surface area contributed by atoms with E-state index in [9.17, 15) is 22.4 Å². The number of amidine groups is 1. The van der Waals surface area contributed by atoms with Gasteiger partial charge in [-0.25, -0.2) is 27.5 Å². The highest BCUT2D eigenvalue weighted by molar-refractivity contribution is 6.07. The van der Waals surface area contributed by atoms with Crippen LogP contribution in [-0.2, 0) is 5.54 Å². The largest absolute Gasteiger partial charge is 0.363 e. The van der Waals surface area contributed by atoms with Gasteiger partial charge >= 0.3 is 0 Å². The fourth-order valence-electron chi connectivity index (χ4n) is 5.23. The minimum atomic E-state index is -2.95. The molecular formula is C28H26F4N6O. The van der Waals surface area contributed by atoms with Crippen molar-refractivity contribution < 1.29 is 17.6 Å². The smallest absolute Gasteiger partial charge is 0.266 e. The van der Waals surface area contributed by atoms with Gasteiger partial charge in [0.05, 0.1) is 40.2 Å². The normalized spacial score (nSPS) is 18.3. The number of nitrogens with one attached hydrogen (secondary N) is 1. The fourth-order valence-corrected chi connectivity index (χ4v) is 5.23. The number of aliphatic imine (C=N–C) groups is 1. The van der Waals surface area contributed by atoms with Crippen LogP contribution in [0.1, 0.15) is 54.7 Å². The standard InChI is InChI=1S/C28H26F4N6O/c1-15(18-4-3-5-19(23(18)30)25(31)32)34-26-20-13-38(28(14-29)7-8-28)27(39)22(24(20)35-16(2)36-26)17-6-10-37-11-9-33-21(37)12-17/h3-6,10,12-13,15,25H,7-9,11,14H2,1-2H3,(H,34,35,36). The summed E-state index contributed by atoms with van der Waals surface area (Å²) >= 11 is 0. The molecule has 1 aliphatic carbocycles. The lowest BCUT2D eigenvalue weighted by Crippen LogP contribution is -2.34. The van der Waals surface area contributed by atoms with Crippen molar-refractivity contribution in [1.82, 2.24) is 19.4 Å². The molecule has 7 nitrogen and oxygen atoms in total. The maximum atomic E-state index is 14.9. The van der Waals surface area contributed by atoms with Gasteiger partial charge in [0.1, 0.15) is 30.0 Å². The molecule has 1 saturated carbocycles. The Morgan fingerprint density at radius 1 is 1.18 bits per heavy atom. The number of alkyl halides is 3. The van der Waals surface area contributed by atoms with Gasteiger partial charge in [-0.1, -0.05) is 18.2 Å². The predicted octanol–water partition coefficient (Wildman–Crippen LogP) is 5.43. The van der Waals surface area contributed by atoms with Crippen molar-refractivity contribution >= 4 is 28.1 Å². The molecule has 3 aromatic rings. The number of rotatable bonds is 7. The molecule has 1 aromatic carbocycles. The van der Waals surface area contributed by atoms with E-state index in [0.29, 0.717) is 47.3 Å². The summed E-state index contributed by atoms with van der Waals surface area (Å²) in [5.41, 5.74) is -0.693. The first kappa shape index (κ1) is 25.3. The first-order valence-electron chi connectivity index (χ1n) is 12.8. The Morgan fingerprint density at radius 3 is 2.67 bits per heavy atom. The van der Waals surface area contributed by atoms with E-state index in [1.54, 1.807) is 20.0 Å². The monoisotopic (exact) mass is 538 g/mol. The van der Waals surface area contributed by atoms with Gasteiger partial charge in [0, 0.05) is 24.5 Å². The second-order valence-corrected chi connectivity index (χ2v) is 10.2. The molecular weight excluding hydrogens is 512 g/mol. The average Bonchev–Trinajstić information content (AvgIpc) is 3.56. The second kappa shape index (κ2) is 9.32. The van der Waals surface area contributed by atoms with E-state index >= 15 is 0 Å². The lowest BCUT2D eigenvalue weighted by Gasteiger charge is -2.23. The molecule has 0 amide bonds. The van der Waals surface area contributed by atoms with Crippen LogP contribution in [-0.4, -0.2) is 45.0 Å². The van der Waals surface area contributed by atoms with Crippen LogP contribution in [0.4, 0.5) is 23.4 Å². The van der Waals surface area contributed by atoms with Gasteiger partial charge in [0.25, 0.3) is 12.0 Å². The molecule has 1 N–H and O–H groups in total. The number of anilines is 1. The van der Waals surface area contributed by atoms with Crippen molar-refractivity contribution in [3.63, 3.8) is 0 Å². The number of fused-ring (bicyclic) bond motifs is 2. The molecule has 1 unspecified atom stereocenters.